The number of nitrogens with one attached hydrogen (secondary N) is 1. The predicted molar refractivity (Wildman–Crippen MR) is 126 cm³/mol. The molecular weight excluding hydrogens is 454 g/mol. The number of rotatable bonds is 6. The fraction of sp³-hybridized carbons (Fsp3) is 0.0800. The van der Waals surface area contributed by atoms with Gasteiger partial charge in [0.05, 0.1) is 16.8 Å². The van der Waals surface area contributed by atoms with Gasteiger partial charge in [-0.2, -0.15) is 5.10 Å². The lowest BCUT2D eigenvalue weighted by atomic mass is 9.99. The number of ether oxygens (including phenoxy) is 4. The van der Waals surface area contributed by atoms with Gasteiger partial charge in [-0.3, -0.25) is 15.5 Å². The van der Waals surface area contributed by atoms with Gasteiger partial charge in [-0.25, -0.2) is 0 Å². The van der Waals surface area contributed by atoms with Gasteiger partial charge in [0.1, 0.15) is 11.3 Å². The average molecular weight is 471 g/mol. The van der Waals surface area contributed by atoms with E-state index in [-0.39, 0.29) is 36.4 Å². The molecule has 0 saturated carbocycles. The molecule has 4 aromatic rings. The summed E-state index contributed by atoms with van der Waals surface area (Å²) in [5.41, 5.74) is 4.75. The summed E-state index contributed by atoms with van der Waals surface area (Å²) in [6, 6.07) is 19.6. The molecule has 3 aromatic carbocycles. The van der Waals surface area contributed by atoms with Gasteiger partial charge < -0.3 is 23.4 Å². The van der Waals surface area contributed by atoms with Crippen LogP contribution >= 0.6 is 0 Å². The number of hydrazone groups is 1. The van der Waals surface area contributed by atoms with Crippen molar-refractivity contribution in [2.75, 3.05) is 19.0 Å². The largest absolute Gasteiger partial charge is 0.454 e. The summed E-state index contributed by atoms with van der Waals surface area (Å²) in [5, 5.41) is 16.4. The summed E-state index contributed by atoms with van der Waals surface area (Å²) in [5.74, 6) is 2.45. The van der Waals surface area contributed by atoms with E-state index < -0.39 is 4.92 Å². The van der Waals surface area contributed by atoms with Crippen LogP contribution < -0.4 is 24.4 Å². The lowest BCUT2D eigenvalue weighted by molar-refractivity contribution is -0.384. The Bertz CT molecular complexity index is 1460. The van der Waals surface area contributed by atoms with Crippen molar-refractivity contribution in [3.63, 3.8) is 0 Å². The van der Waals surface area contributed by atoms with Crippen LogP contribution in [-0.2, 0) is 0 Å². The van der Waals surface area contributed by atoms with Crippen LogP contribution in [0.4, 0.5) is 11.4 Å². The van der Waals surface area contributed by atoms with Crippen LogP contribution in [0.3, 0.4) is 0 Å². The van der Waals surface area contributed by atoms with E-state index in [0.29, 0.717) is 34.1 Å². The molecule has 0 atom stereocenters. The van der Waals surface area contributed by atoms with Crippen LogP contribution in [-0.4, -0.2) is 24.7 Å². The molecular formula is C25H17N3O7. The van der Waals surface area contributed by atoms with Gasteiger partial charge in [0, 0.05) is 5.56 Å². The van der Waals surface area contributed by atoms with E-state index in [4.69, 9.17) is 23.4 Å². The van der Waals surface area contributed by atoms with Gasteiger partial charge in [-0.1, -0.05) is 24.3 Å². The molecule has 2 aliphatic heterocycles. The molecule has 0 spiro atoms. The first kappa shape index (κ1) is 20.6. The van der Waals surface area contributed by atoms with Gasteiger partial charge >= 0.3 is 5.69 Å². The monoisotopic (exact) mass is 471 g/mol. The van der Waals surface area contributed by atoms with E-state index >= 15 is 0 Å². The minimum absolute atomic E-state index is 0.0150. The molecule has 3 heterocycles. The van der Waals surface area contributed by atoms with Gasteiger partial charge in [0.2, 0.25) is 19.3 Å². The summed E-state index contributed by atoms with van der Waals surface area (Å²) in [6.45, 7) is 0.194. The second-order valence-electron chi connectivity index (χ2n) is 7.65. The van der Waals surface area contributed by atoms with Crippen molar-refractivity contribution in [3.8, 4) is 45.4 Å². The number of hydrogen-bond donors (Lipinski definition) is 1. The van der Waals surface area contributed by atoms with Crippen LogP contribution in [0, 0.1) is 10.1 Å². The number of para-hydroxylation sites is 1. The van der Waals surface area contributed by atoms with Crippen LogP contribution in [0.25, 0.3) is 22.5 Å². The predicted octanol–water partition coefficient (Wildman–Crippen LogP) is 5.43. The topological polar surface area (TPSA) is 118 Å². The number of fused-ring (bicyclic) bond motifs is 2. The number of nitro groups is 1. The second kappa shape index (κ2) is 8.41. The van der Waals surface area contributed by atoms with Crippen molar-refractivity contribution in [2.45, 2.75) is 0 Å². The first-order chi connectivity index (χ1) is 17.2. The lowest BCUT2D eigenvalue weighted by Gasteiger charge is -2.05. The highest BCUT2D eigenvalue weighted by molar-refractivity contribution is 5.96. The molecule has 0 fully saturated rings. The zero-order valence-electron chi connectivity index (χ0n) is 18.1. The maximum atomic E-state index is 12.3. The highest BCUT2D eigenvalue weighted by Gasteiger charge is 2.32. The van der Waals surface area contributed by atoms with Crippen LogP contribution in [0.1, 0.15) is 5.76 Å². The van der Waals surface area contributed by atoms with Gasteiger partial charge in [-0.05, 0) is 48.0 Å². The number of furan rings is 1. The molecule has 0 aliphatic carbocycles. The minimum Gasteiger partial charge on any atom is -0.454 e. The van der Waals surface area contributed by atoms with Crippen LogP contribution in [0.2, 0.25) is 0 Å². The Hall–Kier alpha value is -4.99. The van der Waals surface area contributed by atoms with Gasteiger partial charge in [-0.15, -0.1) is 0 Å². The number of nitrogens with zero attached hydrogens (tertiary/aromatic N) is 2. The maximum absolute atomic E-state index is 12.3. The Labute approximate surface area is 198 Å². The van der Waals surface area contributed by atoms with Gasteiger partial charge in [0.25, 0.3) is 0 Å². The van der Waals surface area contributed by atoms with E-state index in [9.17, 15) is 10.1 Å². The Morgan fingerprint density at radius 2 is 1.46 bits per heavy atom. The average Bonchev–Trinajstić information content (AvgIpc) is 3.61. The van der Waals surface area contributed by atoms with E-state index in [2.05, 4.69) is 10.5 Å². The van der Waals surface area contributed by atoms with Crippen molar-refractivity contribution < 1.29 is 28.3 Å². The zero-order valence-corrected chi connectivity index (χ0v) is 18.1. The Morgan fingerprint density at radius 3 is 2.14 bits per heavy atom. The molecule has 174 valence electrons. The molecule has 6 rings (SSSR count). The molecule has 0 radical (unpaired) electrons. The standard InChI is InChI=1S/C25H17N3O7/c29-28(30)24-22(12-26-27-17-4-2-1-3-5-17)35-25(16-7-9-19-21(11-16)34-14-32-19)23(24)15-6-8-18-20(10-15)33-13-31-18/h1-12,27H,13-14H2. The molecule has 0 unspecified atom stereocenters. The summed E-state index contributed by atoms with van der Waals surface area (Å²) >= 11 is 0. The summed E-state index contributed by atoms with van der Waals surface area (Å²) in [4.78, 5) is 11.8. The molecule has 1 aromatic heterocycles. The number of hydrogen-bond acceptors (Lipinski definition) is 9. The first-order valence-electron chi connectivity index (χ1n) is 10.6. The van der Waals surface area contributed by atoms with E-state index in [1.807, 2.05) is 30.3 Å². The number of anilines is 1. The lowest BCUT2D eigenvalue weighted by Crippen LogP contribution is -1.95. The molecule has 10 nitrogen and oxygen atoms in total. The molecule has 35 heavy (non-hydrogen) atoms. The third-order valence-electron chi connectivity index (χ3n) is 5.54. The van der Waals surface area contributed by atoms with Crippen molar-refractivity contribution in [1.82, 2.24) is 0 Å². The maximum Gasteiger partial charge on any atom is 0.324 e. The smallest absolute Gasteiger partial charge is 0.324 e. The molecule has 10 heteroatoms. The van der Waals surface area contributed by atoms with Crippen molar-refractivity contribution in [3.05, 3.63) is 82.6 Å². The van der Waals surface area contributed by atoms with Gasteiger partial charge in [0.15, 0.2) is 23.0 Å². The van der Waals surface area contributed by atoms with Crippen LogP contribution in [0.15, 0.2) is 76.2 Å². The normalized spacial score (nSPS) is 13.4. The Balaban J connectivity index is 1.50. The Morgan fingerprint density at radius 1 is 0.829 bits per heavy atom. The molecule has 1 N–H and O–H groups in total. The minimum atomic E-state index is -0.482. The molecule has 0 bridgehead atoms. The van der Waals surface area contributed by atoms with E-state index in [0.717, 1.165) is 5.69 Å². The highest BCUT2D eigenvalue weighted by atomic mass is 16.7. The van der Waals surface area contributed by atoms with Crippen molar-refractivity contribution >= 4 is 17.6 Å². The Kier molecular flexibility index (Phi) is 4.95. The van der Waals surface area contributed by atoms with Crippen LogP contribution in [0.5, 0.6) is 23.0 Å². The van der Waals surface area contributed by atoms with E-state index in [1.165, 1.54) is 6.21 Å². The summed E-state index contributed by atoms with van der Waals surface area (Å²) in [6.07, 6.45) is 1.29. The summed E-state index contributed by atoms with van der Waals surface area (Å²) in [7, 11) is 0. The third kappa shape index (κ3) is 3.76. The number of benzene rings is 3. The fourth-order valence-corrected chi connectivity index (χ4v) is 3.95. The molecule has 2 aliphatic rings. The quantitative estimate of drug-likeness (QED) is 0.225. The highest BCUT2D eigenvalue weighted by Crippen LogP contribution is 2.47. The fourth-order valence-electron chi connectivity index (χ4n) is 3.95. The SMILES string of the molecule is O=[N+]([O-])c1c(C=NNc2ccccc2)oc(-c2ccc3c(c2)OCO3)c1-c1ccc2c(c1)OCO2. The van der Waals surface area contributed by atoms with E-state index in [1.54, 1.807) is 36.4 Å². The molecule has 0 saturated heterocycles. The van der Waals surface area contributed by atoms with Crippen molar-refractivity contribution in [1.29, 1.82) is 0 Å². The second-order valence-corrected chi connectivity index (χ2v) is 7.65. The molecule has 0 amide bonds. The third-order valence-corrected chi connectivity index (χ3v) is 5.54. The first-order valence-corrected chi connectivity index (χ1v) is 10.6. The van der Waals surface area contributed by atoms with Crippen molar-refractivity contribution in [2.24, 2.45) is 5.10 Å². The zero-order chi connectivity index (χ0) is 23.8. The summed E-state index contributed by atoms with van der Waals surface area (Å²) < 4.78 is 27.8.